The van der Waals surface area contributed by atoms with Gasteiger partial charge >= 0.3 is 0 Å². The molecule has 0 aliphatic carbocycles. The maximum atomic E-state index is 13.4. The van der Waals surface area contributed by atoms with Gasteiger partial charge in [-0.25, -0.2) is 4.68 Å². The highest BCUT2D eigenvalue weighted by Crippen LogP contribution is 2.40. The molecule has 1 fully saturated rings. The van der Waals surface area contributed by atoms with Crippen molar-refractivity contribution in [2.45, 2.75) is 57.8 Å². The maximum absolute atomic E-state index is 13.4. The molecule has 2 aliphatic rings. The number of fused-ring (bicyclic) bond motifs is 1. The number of benzene rings is 1. The van der Waals surface area contributed by atoms with Crippen LogP contribution in [0.2, 0.25) is 0 Å². The standard InChI is InChI=1S/C25H34N4O6S/c1-4-32-20-10-16(11-21(33-5-2)23(20)34-6-3)25(31)27-24-18-14-36-15-19(18)28-29(24)13-22(30)26-12-17-8-7-9-35-17/h10-11,17H,4-9,12-15H2,1-3H3,(H,26,30)(H,27,31). The maximum Gasteiger partial charge on any atom is 0.257 e. The number of hydrogen-bond acceptors (Lipinski definition) is 8. The number of ether oxygens (including phenoxy) is 4. The van der Waals surface area contributed by atoms with Gasteiger partial charge in [0.1, 0.15) is 12.4 Å². The third-order valence-corrected chi connectivity index (χ3v) is 6.84. The van der Waals surface area contributed by atoms with Gasteiger partial charge in [0.25, 0.3) is 5.91 Å². The molecular formula is C25H34N4O6S. The minimum absolute atomic E-state index is 0.0116. The lowest BCUT2D eigenvalue weighted by molar-refractivity contribution is -0.122. The number of hydrogen-bond donors (Lipinski definition) is 2. The Morgan fingerprint density at radius 1 is 1.11 bits per heavy atom. The number of amides is 2. The van der Waals surface area contributed by atoms with Crippen molar-refractivity contribution in [1.29, 1.82) is 0 Å². The van der Waals surface area contributed by atoms with Crippen molar-refractivity contribution in [1.82, 2.24) is 15.1 Å². The second-order valence-electron chi connectivity index (χ2n) is 8.42. The Morgan fingerprint density at radius 3 is 2.47 bits per heavy atom. The van der Waals surface area contributed by atoms with E-state index in [0.717, 1.165) is 42.2 Å². The fraction of sp³-hybridized carbons (Fsp3) is 0.560. The number of carbonyl (C=O) groups excluding carboxylic acids is 2. The molecule has 2 N–H and O–H groups in total. The first-order chi connectivity index (χ1) is 17.5. The highest BCUT2D eigenvalue weighted by atomic mass is 32.2. The molecule has 1 aromatic carbocycles. The highest BCUT2D eigenvalue weighted by Gasteiger charge is 2.27. The van der Waals surface area contributed by atoms with Crippen molar-refractivity contribution >= 4 is 29.4 Å². The second-order valence-corrected chi connectivity index (χ2v) is 9.40. The van der Waals surface area contributed by atoms with Gasteiger partial charge in [0.2, 0.25) is 11.7 Å². The minimum Gasteiger partial charge on any atom is -0.490 e. The molecule has 1 aromatic heterocycles. The average molecular weight is 519 g/mol. The van der Waals surface area contributed by atoms with Crippen LogP contribution in [0.15, 0.2) is 12.1 Å². The van der Waals surface area contributed by atoms with E-state index >= 15 is 0 Å². The van der Waals surface area contributed by atoms with Crippen LogP contribution in [0.25, 0.3) is 0 Å². The summed E-state index contributed by atoms with van der Waals surface area (Å²) >= 11 is 1.73. The molecule has 1 unspecified atom stereocenters. The van der Waals surface area contributed by atoms with Crippen LogP contribution in [0.3, 0.4) is 0 Å². The predicted octanol–water partition coefficient (Wildman–Crippen LogP) is 3.37. The van der Waals surface area contributed by atoms with Crippen LogP contribution < -0.4 is 24.8 Å². The molecule has 0 radical (unpaired) electrons. The Kier molecular flexibility index (Phi) is 8.98. The molecule has 4 rings (SSSR count). The summed E-state index contributed by atoms with van der Waals surface area (Å²) in [7, 11) is 0. The van der Waals surface area contributed by atoms with E-state index in [4.69, 9.17) is 18.9 Å². The van der Waals surface area contributed by atoms with E-state index in [0.29, 0.717) is 55.0 Å². The van der Waals surface area contributed by atoms with E-state index < -0.39 is 0 Å². The summed E-state index contributed by atoms with van der Waals surface area (Å²) in [6.45, 7) is 8.10. The van der Waals surface area contributed by atoms with Crippen LogP contribution in [-0.4, -0.2) is 60.7 Å². The van der Waals surface area contributed by atoms with Gasteiger partial charge in [0.15, 0.2) is 11.5 Å². The van der Waals surface area contributed by atoms with E-state index in [1.807, 2.05) is 20.8 Å². The molecule has 0 spiro atoms. The first-order valence-corrected chi connectivity index (χ1v) is 13.6. The number of nitrogens with zero attached hydrogens (tertiary/aromatic N) is 2. The molecule has 10 nitrogen and oxygen atoms in total. The lowest BCUT2D eigenvalue weighted by Gasteiger charge is -2.17. The third-order valence-electron chi connectivity index (χ3n) is 5.87. The Hall–Kier alpha value is -2.92. The molecule has 3 heterocycles. The number of anilines is 1. The van der Waals surface area contributed by atoms with Gasteiger partial charge in [0, 0.05) is 35.8 Å². The number of thioether (sulfide) groups is 1. The Bertz CT molecular complexity index is 1060. The summed E-state index contributed by atoms with van der Waals surface area (Å²) in [4.78, 5) is 26.0. The largest absolute Gasteiger partial charge is 0.490 e. The molecule has 0 bridgehead atoms. The van der Waals surface area contributed by atoms with E-state index in [2.05, 4.69) is 15.7 Å². The van der Waals surface area contributed by atoms with Gasteiger partial charge in [0.05, 0.1) is 31.6 Å². The Balaban J connectivity index is 1.55. The molecule has 1 atom stereocenters. The van der Waals surface area contributed by atoms with Crippen LogP contribution in [0, 0.1) is 0 Å². The molecule has 2 amide bonds. The van der Waals surface area contributed by atoms with Crippen molar-refractivity contribution in [2.24, 2.45) is 0 Å². The molecule has 196 valence electrons. The van der Waals surface area contributed by atoms with Gasteiger partial charge in [-0.05, 0) is 45.7 Å². The Labute approximate surface area is 215 Å². The van der Waals surface area contributed by atoms with E-state index in [1.54, 1.807) is 28.6 Å². The summed E-state index contributed by atoms with van der Waals surface area (Å²) < 4.78 is 24.4. The first-order valence-electron chi connectivity index (χ1n) is 12.5. The van der Waals surface area contributed by atoms with Crippen LogP contribution >= 0.6 is 11.8 Å². The topological polar surface area (TPSA) is 113 Å². The number of carbonyl (C=O) groups is 2. The zero-order valence-corrected chi connectivity index (χ0v) is 21.9. The van der Waals surface area contributed by atoms with E-state index in [9.17, 15) is 9.59 Å². The van der Waals surface area contributed by atoms with Gasteiger partial charge in [-0.1, -0.05) is 0 Å². The lowest BCUT2D eigenvalue weighted by Crippen LogP contribution is -2.34. The van der Waals surface area contributed by atoms with Crippen molar-refractivity contribution in [3.63, 3.8) is 0 Å². The summed E-state index contributed by atoms with van der Waals surface area (Å²) in [5.41, 5.74) is 2.19. The monoisotopic (exact) mass is 518 g/mol. The summed E-state index contributed by atoms with van der Waals surface area (Å²) in [5, 5.41) is 10.5. The lowest BCUT2D eigenvalue weighted by atomic mass is 10.1. The molecule has 11 heteroatoms. The molecule has 2 aromatic rings. The van der Waals surface area contributed by atoms with Crippen LogP contribution in [0.4, 0.5) is 5.82 Å². The number of rotatable bonds is 12. The number of nitrogens with one attached hydrogen (secondary N) is 2. The molecule has 0 saturated carbocycles. The smallest absolute Gasteiger partial charge is 0.257 e. The summed E-state index contributed by atoms with van der Waals surface area (Å²) in [6.07, 6.45) is 2.03. The normalized spacial score (nSPS) is 16.5. The van der Waals surface area contributed by atoms with Crippen LogP contribution in [0.1, 0.15) is 55.2 Å². The first kappa shape index (κ1) is 26.2. The van der Waals surface area contributed by atoms with E-state index in [-0.39, 0.29) is 24.5 Å². The van der Waals surface area contributed by atoms with Gasteiger partial charge in [-0.2, -0.15) is 16.9 Å². The van der Waals surface area contributed by atoms with Crippen LogP contribution in [0.5, 0.6) is 17.2 Å². The van der Waals surface area contributed by atoms with E-state index in [1.165, 1.54) is 0 Å². The van der Waals surface area contributed by atoms with Crippen LogP contribution in [-0.2, 0) is 27.6 Å². The zero-order chi connectivity index (χ0) is 25.5. The zero-order valence-electron chi connectivity index (χ0n) is 21.1. The van der Waals surface area contributed by atoms with Crippen molar-refractivity contribution in [2.75, 3.05) is 38.3 Å². The molecular weight excluding hydrogens is 484 g/mol. The quantitative estimate of drug-likeness (QED) is 0.440. The number of aromatic nitrogens is 2. The van der Waals surface area contributed by atoms with Crippen molar-refractivity contribution < 1.29 is 28.5 Å². The summed E-state index contributed by atoms with van der Waals surface area (Å²) in [6, 6.07) is 3.30. The summed E-state index contributed by atoms with van der Waals surface area (Å²) in [5.74, 6) is 2.85. The fourth-order valence-electron chi connectivity index (χ4n) is 4.24. The molecule has 36 heavy (non-hydrogen) atoms. The van der Waals surface area contributed by atoms with Crippen molar-refractivity contribution in [3.8, 4) is 17.2 Å². The molecule has 1 saturated heterocycles. The highest BCUT2D eigenvalue weighted by molar-refractivity contribution is 7.98. The fourth-order valence-corrected chi connectivity index (χ4v) is 5.28. The average Bonchev–Trinajstić information content (AvgIpc) is 3.60. The third kappa shape index (κ3) is 6.07. The van der Waals surface area contributed by atoms with Gasteiger partial charge in [-0.15, -0.1) is 0 Å². The Morgan fingerprint density at radius 2 is 1.83 bits per heavy atom. The second kappa shape index (κ2) is 12.4. The van der Waals surface area contributed by atoms with Crippen molar-refractivity contribution in [3.05, 3.63) is 29.0 Å². The van der Waals surface area contributed by atoms with Gasteiger partial charge < -0.3 is 29.6 Å². The SMILES string of the molecule is CCOc1cc(C(=O)Nc2c3c(nn2CC(=O)NCC2CCCO2)CSC3)cc(OCC)c1OCC. The molecule has 2 aliphatic heterocycles. The van der Waals surface area contributed by atoms with Gasteiger partial charge in [-0.3, -0.25) is 9.59 Å². The predicted molar refractivity (Wildman–Crippen MR) is 137 cm³/mol. The minimum atomic E-state index is -0.347.